The van der Waals surface area contributed by atoms with Crippen LogP contribution in [-0.2, 0) is 4.79 Å². The van der Waals surface area contributed by atoms with Gasteiger partial charge in [0, 0.05) is 19.0 Å². The highest BCUT2D eigenvalue weighted by Gasteiger charge is 2.23. The normalized spacial score (nSPS) is 15.1. The molecule has 0 bridgehead atoms. The fraction of sp³-hybridized carbons (Fsp3) is 0.467. The zero-order valence-corrected chi connectivity index (χ0v) is 12.7. The summed E-state index contributed by atoms with van der Waals surface area (Å²) in [5.74, 6) is 0.596. The second kappa shape index (κ2) is 6.91. The van der Waals surface area contributed by atoms with E-state index in [4.69, 9.17) is 5.73 Å². The predicted molar refractivity (Wildman–Crippen MR) is 86.8 cm³/mol. The predicted octanol–water partition coefficient (Wildman–Crippen LogP) is 2.86. The summed E-state index contributed by atoms with van der Waals surface area (Å²) >= 11 is 0. The summed E-state index contributed by atoms with van der Waals surface area (Å²) in [6, 6.07) is 8.48. The van der Waals surface area contributed by atoms with Crippen molar-refractivity contribution >= 4 is 35.3 Å². The minimum absolute atomic E-state index is 0. The number of benzene rings is 1. The SMILES string of the molecule is Cl.NCCC(=O)Nc1nc2ccccc2n1C1CCCC1. The van der Waals surface area contributed by atoms with E-state index >= 15 is 0 Å². The van der Waals surface area contributed by atoms with Crippen LogP contribution in [0.5, 0.6) is 0 Å². The standard InChI is InChI=1S/C15H20N4O.ClH/c16-10-9-14(20)18-15-17-12-7-3-4-8-13(12)19(15)11-5-1-2-6-11;/h3-4,7-8,11H,1-2,5-6,9-10,16H2,(H,17,18,20);1H. The smallest absolute Gasteiger partial charge is 0.227 e. The van der Waals surface area contributed by atoms with Crippen molar-refractivity contribution in [3.05, 3.63) is 24.3 Å². The minimum Gasteiger partial charge on any atom is -0.330 e. The summed E-state index contributed by atoms with van der Waals surface area (Å²) < 4.78 is 2.19. The molecule has 1 aliphatic carbocycles. The van der Waals surface area contributed by atoms with Crippen LogP contribution in [-0.4, -0.2) is 22.0 Å². The lowest BCUT2D eigenvalue weighted by Crippen LogP contribution is -2.20. The molecule has 21 heavy (non-hydrogen) atoms. The number of imidazole rings is 1. The molecule has 1 aromatic heterocycles. The van der Waals surface area contributed by atoms with Gasteiger partial charge in [-0.3, -0.25) is 10.1 Å². The number of halogens is 1. The average molecular weight is 309 g/mol. The molecule has 2 aromatic rings. The number of hydrogen-bond donors (Lipinski definition) is 2. The summed E-state index contributed by atoms with van der Waals surface area (Å²) in [7, 11) is 0. The fourth-order valence-electron chi connectivity index (χ4n) is 2.98. The van der Waals surface area contributed by atoms with Crippen molar-refractivity contribution in [1.29, 1.82) is 0 Å². The topological polar surface area (TPSA) is 72.9 Å². The van der Waals surface area contributed by atoms with Gasteiger partial charge in [0.15, 0.2) is 0 Å². The number of amides is 1. The largest absolute Gasteiger partial charge is 0.330 e. The Hall–Kier alpha value is -1.59. The molecule has 0 radical (unpaired) electrons. The Morgan fingerprint density at radius 1 is 1.33 bits per heavy atom. The lowest BCUT2D eigenvalue weighted by molar-refractivity contribution is -0.116. The number of nitrogens with two attached hydrogens (primary N) is 1. The van der Waals surface area contributed by atoms with E-state index < -0.39 is 0 Å². The van der Waals surface area contributed by atoms with Gasteiger partial charge in [0.1, 0.15) is 0 Å². The van der Waals surface area contributed by atoms with Gasteiger partial charge in [0.2, 0.25) is 11.9 Å². The van der Waals surface area contributed by atoms with E-state index in [1.54, 1.807) is 0 Å². The maximum absolute atomic E-state index is 11.8. The first kappa shape index (κ1) is 15.8. The van der Waals surface area contributed by atoms with Crippen molar-refractivity contribution < 1.29 is 4.79 Å². The molecule has 6 heteroatoms. The first-order chi connectivity index (χ1) is 9.79. The molecule has 1 heterocycles. The van der Waals surface area contributed by atoms with Gasteiger partial charge in [0.25, 0.3) is 0 Å². The zero-order chi connectivity index (χ0) is 13.9. The van der Waals surface area contributed by atoms with Crippen LogP contribution in [0.25, 0.3) is 11.0 Å². The summed E-state index contributed by atoms with van der Waals surface area (Å²) in [4.78, 5) is 16.4. The highest BCUT2D eigenvalue weighted by Crippen LogP contribution is 2.35. The maximum Gasteiger partial charge on any atom is 0.227 e. The van der Waals surface area contributed by atoms with Crippen molar-refractivity contribution in [3.63, 3.8) is 0 Å². The Balaban J connectivity index is 0.00000161. The number of carbonyl (C=O) groups is 1. The molecule has 0 spiro atoms. The molecule has 1 amide bonds. The number of fused-ring (bicyclic) bond motifs is 1. The van der Waals surface area contributed by atoms with Crippen molar-refractivity contribution in [1.82, 2.24) is 9.55 Å². The van der Waals surface area contributed by atoms with Crippen LogP contribution in [0.3, 0.4) is 0 Å². The van der Waals surface area contributed by atoms with E-state index in [9.17, 15) is 4.79 Å². The highest BCUT2D eigenvalue weighted by molar-refractivity contribution is 5.91. The third-order valence-corrected chi connectivity index (χ3v) is 3.91. The number of anilines is 1. The molecule has 0 saturated heterocycles. The number of nitrogens with one attached hydrogen (secondary N) is 1. The molecule has 1 saturated carbocycles. The molecule has 3 N–H and O–H groups in total. The van der Waals surface area contributed by atoms with Gasteiger partial charge in [-0.15, -0.1) is 12.4 Å². The number of hydrogen-bond acceptors (Lipinski definition) is 3. The van der Waals surface area contributed by atoms with Crippen LogP contribution in [0, 0.1) is 0 Å². The van der Waals surface area contributed by atoms with Gasteiger partial charge < -0.3 is 10.3 Å². The first-order valence-electron chi connectivity index (χ1n) is 7.26. The summed E-state index contributed by atoms with van der Waals surface area (Å²) in [6.07, 6.45) is 5.12. The van der Waals surface area contributed by atoms with Gasteiger partial charge >= 0.3 is 0 Å². The zero-order valence-electron chi connectivity index (χ0n) is 11.9. The first-order valence-corrected chi connectivity index (χ1v) is 7.26. The second-order valence-corrected chi connectivity index (χ2v) is 5.32. The van der Waals surface area contributed by atoms with E-state index in [-0.39, 0.29) is 18.3 Å². The highest BCUT2D eigenvalue weighted by atomic mass is 35.5. The van der Waals surface area contributed by atoms with Crippen molar-refractivity contribution in [2.75, 3.05) is 11.9 Å². The van der Waals surface area contributed by atoms with Crippen LogP contribution < -0.4 is 11.1 Å². The van der Waals surface area contributed by atoms with Crippen molar-refractivity contribution in [3.8, 4) is 0 Å². The number of rotatable bonds is 4. The van der Waals surface area contributed by atoms with Crippen molar-refractivity contribution in [2.24, 2.45) is 5.73 Å². The molecule has 1 fully saturated rings. The van der Waals surface area contributed by atoms with Crippen LogP contribution >= 0.6 is 12.4 Å². The Morgan fingerprint density at radius 2 is 2.05 bits per heavy atom. The van der Waals surface area contributed by atoms with E-state index in [1.807, 2.05) is 18.2 Å². The summed E-state index contributed by atoms with van der Waals surface area (Å²) in [5, 5.41) is 2.91. The lowest BCUT2D eigenvalue weighted by atomic mass is 10.2. The number of carbonyl (C=O) groups excluding carboxylic acids is 1. The van der Waals surface area contributed by atoms with Crippen LogP contribution in [0.15, 0.2) is 24.3 Å². The molecule has 1 aliphatic rings. The maximum atomic E-state index is 11.8. The molecule has 0 aliphatic heterocycles. The minimum atomic E-state index is -0.0675. The molecular weight excluding hydrogens is 288 g/mol. The molecule has 1 aromatic carbocycles. The van der Waals surface area contributed by atoms with Crippen LogP contribution in [0.2, 0.25) is 0 Å². The van der Waals surface area contributed by atoms with Crippen LogP contribution in [0.4, 0.5) is 5.95 Å². The van der Waals surface area contributed by atoms with Gasteiger partial charge in [-0.2, -0.15) is 0 Å². The average Bonchev–Trinajstić information content (AvgIpc) is 3.04. The molecule has 0 unspecified atom stereocenters. The molecular formula is C15H21ClN4O. The van der Waals surface area contributed by atoms with E-state index in [1.165, 1.54) is 12.8 Å². The van der Waals surface area contributed by atoms with Crippen LogP contribution in [0.1, 0.15) is 38.1 Å². The van der Waals surface area contributed by atoms with E-state index in [0.717, 1.165) is 23.9 Å². The lowest BCUT2D eigenvalue weighted by Gasteiger charge is -2.16. The number of aromatic nitrogens is 2. The van der Waals surface area contributed by atoms with E-state index in [0.29, 0.717) is 25.0 Å². The molecule has 114 valence electrons. The Labute approximate surface area is 130 Å². The quantitative estimate of drug-likeness (QED) is 0.912. The van der Waals surface area contributed by atoms with Gasteiger partial charge in [-0.05, 0) is 25.0 Å². The van der Waals surface area contributed by atoms with Gasteiger partial charge in [-0.25, -0.2) is 4.98 Å². The number of para-hydroxylation sites is 2. The summed E-state index contributed by atoms with van der Waals surface area (Å²) in [6.45, 7) is 0.357. The molecule has 0 atom stereocenters. The Bertz CT molecular complexity index is 619. The van der Waals surface area contributed by atoms with E-state index in [2.05, 4.69) is 20.9 Å². The molecule has 3 rings (SSSR count). The Kier molecular flexibility index (Phi) is 5.20. The fourth-order valence-corrected chi connectivity index (χ4v) is 2.98. The van der Waals surface area contributed by atoms with Crippen molar-refractivity contribution in [2.45, 2.75) is 38.1 Å². The number of nitrogens with zero attached hydrogens (tertiary/aromatic N) is 2. The van der Waals surface area contributed by atoms with Gasteiger partial charge in [-0.1, -0.05) is 25.0 Å². The summed E-state index contributed by atoms with van der Waals surface area (Å²) in [5.41, 5.74) is 7.46. The van der Waals surface area contributed by atoms with Gasteiger partial charge in [0.05, 0.1) is 11.0 Å². The molecule has 5 nitrogen and oxygen atoms in total. The Morgan fingerprint density at radius 3 is 2.76 bits per heavy atom. The monoisotopic (exact) mass is 308 g/mol. The third kappa shape index (κ3) is 3.19. The second-order valence-electron chi connectivity index (χ2n) is 5.32. The third-order valence-electron chi connectivity index (χ3n) is 3.91.